The van der Waals surface area contributed by atoms with Gasteiger partial charge in [-0.2, -0.15) is 0 Å². The molecule has 0 unspecified atom stereocenters. The largest absolute Gasteiger partial charge is 0.346 e. The molecule has 0 heterocycles. The molecule has 0 aliphatic carbocycles. The van der Waals surface area contributed by atoms with E-state index in [1.165, 1.54) is 44.9 Å². The molecular weight excluding hydrogens is 274 g/mol. The fourth-order valence-electron chi connectivity index (χ4n) is 2.66. The minimum absolute atomic E-state index is 0.0313. The predicted octanol–water partition coefficient (Wildman–Crippen LogP) is 5.03. The van der Waals surface area contributed by atoms with Gasteiger partial charge in [-0.3, -0.25) is 9.59 Å². The number of hydrogen-bond donors (Lipinski definition) is 1. The van der Waals surface area contributed by atoms with Crippen LogP contribution in [0.1, 0.15) is 98.3 Å². The Morgan fingerprint density at radius 3 is 1.82 bits per heavy atom. The molecule has 0 saturated carbocycles. The highest BCUT2D eigenvalue weighted by Gasteiger charge is 2.17. The second-order valence-electron chi connectivity index (χ2n) is 6.94. The van der Waals surface area contributed by atoms with Crippen molar-refractivity contribution in [3.63, 3.8) is 0 Å². The summed E-state index contributed by atoms with van der Waals surface area (Å²) >= 11 is 0. The SMILES string of the molecule is CCCCCCCCCCCC(=O)N[C@@H](CC(C)C)C(C)=O. The van der Waals surface area contributed by atoms with E-state index in [0.717, 1.165) is 19.3 Å². The molecule has 0 aromatic rings. The summed E-state index contributed by atoms with van der Waals surface area (Å²) in [4.78, 5) is 23.4. The van der Waals surface area contributed by atoms with E-state index in [1.54, 1.807) is 6.92 Å². The zero-order valence-electron chi connectivity index (χ0n) is 15.2. The van der Waals surface area contributed by atoms with Crippen LogP contribution in [0.3, 0.4) is 0 Å². The van der Waals surface area contributed by atoms with Gasteiger partial charge in [0.2, 0.25) is 5.91 Å². The van der Waals surface area contributed by atoms with E-state index < -0.39 is 0 Å². The lowest BCUT2D eigenvalue weighted by Gasteiger charge is -2.17. The standard InChI is InChI=1S/C19H37NO2/c1-5-6-7-8-9-10-11-12-13-14-19(22)20-18(17(4)21)15-16(2)3/h16,18H,5-15H2,1-4H3,(H,20,22)/t18-/m0/s1. The zero-order chi connectivity index (χ0) is 16.8. The number of Topliss-reactive ketones (excluding diaryl/α,β-unsaturated/α-hetero) is 1. The molecule has 1 amide bonds. The molecule has 3 nitrogen and oxygen atoms in total. The molecule has 130 valence electrons. The monoisotopic (exact) mass is 311 g/mol. The van der Waals surface area contributed by atoms with E-state index in [4.69, 9.17) is 0 Å². The van der Waals surface area contributed by atoms with Crippen molar-refractivity contribution in [1.82, 2.24) is 5.32 Å². The average Bonchev–Trinajstić information content (AvgIpc) is 2.44. The topological polar surface area (TPSA) is 46.2 Å². The quantitative estimate of drug-likeness (QED) is 0.457. The Hall–Kier alpha value is -0.860. The van der Waals surface area contributed by atoms with Crippen molar-refractivity contribution in [2.24, 2.45) is 5.92 Å². The molecule has 0 aliphatic rings. The van der Waals surface area contributed by atoms with Crippen LogP contribution in [0.5, 0.6) is 0 Å². The number of unbranched alkanes of at least 4 members (excludes halogenated alkanes) is 8. The highest BCUT2D eigenvalue weighted by atomic mass is 16.2. The van der Waals surface area contributed by atoms with Gasteiger partial charge >= 0.3 is 0 Å². The Morgan fingerprint density at radius 1 is 0.864 bits per heavy atom. The number of ketones is 1. The first-order valence-corrected chi connectivity index (χ1v) is 9.27. The summed E-state index contributed by atoms with van der Waals surface area (Å²) in [6.07, 6.45) is 12.6. The minimum atomic E-state index is -0.300. The Bertz CT molecular complexity index is 300. The van der Waals surface area contributed by atoms with E-state index in [0.29, 0.717) is 12.3 Å². The van der Waals surface area contributed by atoms with E-state index in [-0.39, 0.29) is 17.7 Å². The van der Waals surface area contributed by atoms with Gasteiger partial charge < -0.3 is 5.32 Å². The third kappa shape index (κ3) is 12.8. The first kappa shape index (κ1) is 21.1. The van der Waals surface area contributed by atoms with Gasteiger partial charge in [0.05, 0.1) is 6.04 Å². The molecule has 0 spiro atoms. The summed E-state index contributed by atoms with van der Waals surface area (Å²) in [6.45, 7) is 7.94. The number of rotatable bonds is 14. The van der Waals surface area contributed by atoms with Gasteiger partial charge in [0.1, 0.15) is 0 Å². The lowest BCUT2D eigenvalue weighted by Crippen LogP contribution is -2.40. The molecule has 0 bridgehead atoms. The summed E-state index contributed by atoms with van der Waals surface area (Å²) in [5.74, 6) is 0.514. The zero-order valence-corrected chi connectivity index (χ0v) is 15.2. The van der Waals surface area contributed by atoms with Crippen LogP contribution in [0.2, 0.25) is 0 Å². The highest BCUT2D eigenvalue weighted by molar-refractivity contribution is 5.87. The molecule has 0 aromatic carbocycles. The third-order valence-corrected chi connectivity index (χ3v) is 4.04. The van der Waals surface area contributed by atoms with Crippen molar-refractivity contribution in [3.05, 3.63) is 0 Å². The molecule has 0 radical (unpaired) electrons. The summed E-state index contributed by atoms with van der Waals surface area (Å²) in [7, 11) is 0. The van der Waals surface area contributed by atoms with Crippen molar-refractivity contribution in [3.8, 4) is 0 Å². The first-order chi connectivity index (χ1) is 10.5. The summed E-state index contributed by atoms with van der Waals surface area (Å²) in [5, 5.41) is 2.88. The smallest absolute Gasteiger partial charge is 0.220 e. The van der Waals surface area contributed by atoms with Crippen LogP contribution in [-0.4, -0.2) is 17.7 Å². The fourth-order valence-corrected chi connectivity index (χ4v) is 2.66. The van der Waals surface area contributed by atoms with E-state index in [9.17, 15) is 9.59 Å². The van der Waals surface area contributed by atoms with Gasteiger partial charge in [-0.1, -0.05) is 72.1 Å². The number of hydrogen-bond acceptors (Lipinski definition) is 2. The van der Waals surface area contributed by atoms with Crippen LogP contribution >= 0.6 is 0 Å². The van der Waals surface area contributed by atoms with E-state index in [1.807, 2.05) is 0 Å². The Kier molecular flexibility index (Phi) is 13.2. The number of nitrogens with one attached hydrogen (secondary N) is 1. The molecule has 0 rings (SSSR count). The molecule has 1 N–H and O–H groups in total. The van der Waals surface area contributed by atoms with Crippen LogP contribution in [0.4, 0.5) is 0 Å². The Balaban J connectivity index is 3.61. The Morgan fingerprint density at radius 2 is 1.36 bits per heavy atom. The molecule has 1 atom stereocenters. The van der Waals surface area contributed by atoms with Crippen molar-refractivity contribution in [2.45, 2.75) is 104 Å². The lowest BCUT2D eigenvalue weighted by molar-refractivity contribution is -0.127. The fraction of sp³-hybridized carbons (Fsp3) is 0.895. The van der Waals surface area contributed by atoms with Gasteiger partial charge in [0.15, 0.2) is 5.78 Å². The third-order valence-electron chi connectivity index (χ3n) is 4.04. The molecule has 0 aromatic heterocycles. The molecule has 0 saturated heterocycles. The van der Waals surface area contributed by atoms with Gasteiger partial charge in [0, 0.05) is 6.42 Å². The second kappa shape index (κ2) is 13.8. The summed E-state index contributed by atoms with van der Waals surface area (Å²) in [5.41, 5.74) is 0. The maximum absolute atomic E-state index is 11.9. The van der Waals surface area contributed by atoms with E-state index >= 15 is 0 Å². The molecule has 22 heavy (non-hydrogen) atoms. The maximum atomic E-state index is 11.9. The maximum Gasteiger partial charge on any atom is 0.220 e. The normalized spacial score (nSPS) is 12.4. The Labute approximate surface area is 137 Å². The van der Waals surface area contributed by atoms with Crippen LogP contribution in [-0.2, 0) is 9.59 Å². The van der Waals surface area contributed by atoms with Crippen molar-refractivity contribution in [2.75, 3.05) is 0 Å². The highest BCUT2D eigenvalue weighted by Crippen LogP contribution is 2.11. The van der Waals surface area contributed by atoms with Gasteiger partial charge in [-0.15, -0.1) is 0 Å². The molecule has 3 heteroatoms. The van der Waals surface area contributed by atoms with E-state index in [2.05, 4.69) is 26.1 Å². The van der Waals surface area contributed by atoms with Crippen molar-refractivity contribution in [1.29, 1.82) is 0 Å². The van der Waals surface area contributed by atoms with Crippen LogP contribution in [0.15, 0.2) is 0 Å². The van der Waals surface area contributed by atoms with Crippen molar-refractivity contribution < 1.29 is 9.59 Å². The second-order valence-corrected chi connectivity index (χ2v) is 6.94. The predicted molar refractivity (Wildman–Crippen MR) is 93.9 cm³/mol. The van der Waals surface area contributed by atoms with Crippen LogP contribution < -0.4 is 5.32 Å². The lowest BCUT2D eigenvalue weighted by atomic mass is 10.0. The van der Waals surface area contributed by atoms with Gasteiger partial charge in [-0.25, -0.2) is 0 Å². The van der Waals surface area contributed by atoms with Crippen LogP contribution in [0.25, 0.3) is 0 Å². The number of carbonyl (C=O) groups is 2. The summed E-state index contributed by atoms with van der Waals surface area (Å²) < 4.78 is 0. The van der Waals surface area contributed by atoms with Gasteiger partial charge in [0.25, 0.3) is 0 Å². The number of amides is 1. The number of carbonyl (C=O) groups excluding carboxylic acids is 2. The van der Waals surface area contributed by atoms with Crippen molar-refractivity contribution >= 4 is 11.7 Å². The first-order valence-electron chi connectivity index (χ1n) is 9.27. The summed E-state index contributed by atoms with van der Waals surface area (Å²) in [6, 6.07) is -0.300. The molecule has 0 aliphatic heterocycles. The van der Waals surface area contributed by atoms with Gasteiger partial charge in [-0.05, 0) is 25.7 Å². The molecule has 0 fully saturated rings. The molecular formula is C19H37NO2. The minimum Gasteiger partial charge on any atom is -0.346 e. The van der Waals surface area contributed by atoms with Crippen LogP contribution in [0, 0.1) is 5.92 Å². The average molecular weight is 312 g/mol.